The number of aliphatic hydroxyl groups is 1. The summed E-state index contributed by atoms with van der Waals surface area (Å²) >= 11 is 0. The minimum atomic E-state index is -1.22. The third-order valence-corrected chi connectivity index (χ3v) is 10.6. The number of fused-ring (bicyclic) bond motifs is 5. The van der Waals surface area contributed by atoms with Gasteiger partial charge in [0.05, 0.1) is 45.1 Å². The number of aliphatic hydroxyl groups excluding tert-OH is 1. The van der Waals surface area contributed by atoms with Crippen LogP contribution in [0.2, 0.25) is 0 Å². The molecule has 0 amide bonds. The zero-order chi connectivity index (χ0) is 37.0. The maximum Gasteiger partial charge on any atom is 0.347 e. The van der Waals surface area contributed by atoms with Gasteiger partial charge >= 0.3 is 11.4 Å². The van der Waals surface area contributed by atoms with Gasteiger partial charge in [-0.05, 0) is 28.7 Å². The molecule has 1 saturated carbocycles. The Labute approximate surface area is 313 Å². The fourth-order valence-electron chi connectivity index (χ4n) is 7.81. The molecular weight excluding hydrogens is 690 g/mol. The van der Waals surface area contributed by atoms with Crippen molar-refractivity contribution in [3.63, 3.8) is 0 Å². The lowest BCUT2D eigenvalue weighted by Gasteiger charge is -2.40. The van der Waals surface area contributed by atoms with Crippen LogP contribution < -0.4 is 11.4 Å². The molecule has 9 atom stereocenters. The van der Waals surface area contributed by atoms with Crippen LogP contribution in [0.4, 0.5) is 0 Å². The van der Waals surface area contributed by atoms with E-state index >= 15 is 0 Å². The number of ether oxygens (including phenoxy) is 6. The highest BCUT2D eigenvalue weighted by Gasteiger charge is 2.57. The van der Waals surface area contributed by atoms with E-state index in [9.17, 15) is 14.7 Å². The van der Waals surface area contributed by atoms with Gasteiger partial charge in [0.15, 0.2) is 6.29 Å². The Morgan fingerprint density at radius 1 is 0.593 bits per heavy atom. The highest BCUT2D eigenvalue weighted by molar-refractivity contribution is 5.17. The molecule has 282 valence electrons. The van der Waals surface area contributed by atoms with Crippen LogP contribution in [0.5, 0.6) is 0 Å². The second-order valence-electron chi connectivity index (χ2n) is 14.1. The molecule has 2 aliphatic heterocycles. The molecule has 1 N–H and O–H groups in total. The molecule has 3 aliphatic rings. The molecule has 12 nitrogen and oxygen atoms in total. The average molecular weight is 736 g/mol. The van der Waals surface area contributed by atoms with Crippen molar-refractivity contribution in [1.82, 2.24) is 13.9 Å². The highest BCUT2D eigenvalue weighted by Crippen LogP contribution is 2.44. The number of aromatic nitrogens is 3. The van der Waals surface area contributed by atoms with E-state index in [0.717, 1.165) is 26.8 Å². The third-order valence-electron chi connectivity index (χ3n) is 10.6. The zero-order valence-corrected chi connectivity index (χ0v) is 30.0. The van der Waals surface area contributed by atoms with Crippen LogP contribution in [-0.4, -0.2) is 68.6 Å². The molecule has 54 heavy (non-hydrogen) atoms. The molecule has 8 rings (SSSR count). The second kappa shape index (κ2) is 16.4. The van der Waals surface area contributed by atoms with E-state index in [0.29, 0.717) is 19.6 Å². The first-order valence-corrected chi connectivity index (χ1v) is 18.4. The number of benzene rings is 4. The molecule has 0 spiro atoms. The molecule has 1 aromatic heterocycles. The second-order valence-corrected chi connectivity index (χ2v) is 14.1. The number of nitrogens with zero attached hydrogens (tertiary/aromatic N) is 3. The van der Waals surface area contributed by atoms with E-state index in [1.165, 1.54) is 16.4 Å². The summed E-state index contributed by atoms with van der Waals surface area (Å²) in [6, 6.07) is 37.9. The van der Waals surface area contributed by atoms with Gasteiger partial charge in [-0.1, -0.05) is 121 Å². The smallest absolute Gasteiger partial charge is 0.347 e. The van der Waals surface area contributed by atoms with Gasteiger partial charge in [0, 0.05) is 7.05 Å². The summed E-state index contributed by atoms with van der Waals surface area (Å²) in [7, 11) is 1.44. The SMILES string of the molecule is Cn1c(=O)n2n(c1=O)[C@H]1C[C@@H]2[C@H](OCc2ccccc2)[C@@H](O[C@@H]2O[C@H](COCc3ccccc3)[C@@H](OCc3ccccc3)[C@H]2OCc2ccccc2)[C@@H]1O. The summed E-state index contributed by atoms with van der Waals surface area (Å²) in [5.41, 5.74) is 2.90. The molecule has 3 heterocycles. The summed E-state index contributed by atoms with van der Waals surface area (Å²) in [6.45, 7) is 1.30. The summed E-state index contributed by atoms with van der Waals surface area (Å²) in [4.78, 5) is 26.7. The molecular formula is C42H45N3O9. The monoisotopic (exact) mass is 735 g/mol. The van der Waals surface area contributed by atoms with Gasteiger partial charge in [0.2, 0.25) is 0 Å². The molecule has 1 aliphatic carbocycles. The number of hydrogen-bond acceptors (Lipinski definition) is 9. The minimum Gasteiger partial charge on any atom is -0.388 e. The fraction of sp³-hybridized carbons (Fsp3) is 0.381. The van der Waals surface area contributed by atoms with E-state index in [1.807, 2.05) is 121 Å². The Balaban J connectivity index is 1.11. The van der Waals surface area contributed by atoms with Crippen molar-refractivity contribution in [2.24, 2.45) is 7.05 Å². The summed E-state index contributed by atoms with van der Waals surface area (Å²) in [5, 5.41) is 12.1. The lowest BCUT2D eigenvalue weighted by molar-refractivity contribution is -0.258. The summed E-state index contributed by atoms with van der Waals surface area (Å²) < 4.78 is 43.4. The van der Waals surface area contributed by atoms with Crippen LogP contribution in [0.3, 0.4) is 0 Å². The van der Waals surface area contributed by atoms with E-state index in [4.69, 9.17) is 28.4 Å². The fourth-order valence-corrected chi connectivity index (χ4v) is 7.81. The predicted molar refractivity (Wildman–Crippen MR) is 197 cm³/mol. The van der Waals surface area contributed by atoms with Crippen LogP contribution in [-0.2, 0) is 61.9 Å². The van der Waals surface area contributed by atoms with E-state index in [2.05, 4.69) is 0 Å². The van der Waals surface area contributed by atoms with E-state index < -0.39 is 66.4 Å². The Kier molecular flexibility index (Phi) is 11.0. The predicted octanol–water partition coefficient (Wildman–Crippen LogP) is 4.29. The van der Waals surface area contributed by atoms with Crippen LogP contribution in [0.15, 0.2) is 131 Å². The van der Waals surface area contributed by atoms with Gasteiger partial charge in [-0.15, -0.1) is 0 Å². The molecule has 0 unspecified atom stereocenters. The van der Waals surface area contributed by atoms with Gasteiger partial charge in [0.25, 0.3) is 0 Å². The van der Waals surface area contributed by atoms with Crippen LogP contribution in [0, 0.1) is 0 Å². The zero-order valence-electron chi connectivity index (χ0n) is 30.0. The lowest BCUT2D eigenvalue weighted by atomic mass is 9.85. The van der Waals surface area contributed by atoms with Gasteiger partial charge < -0.3 is 33.5 Å². The quantitative estimate of drug-likeness (QED) is 0.168. The Hall–Kier alpha value is -4.66. The Morgan fingerprint density at radius 2 is 1.04 bits per heavy atom. The van der Waals surface area contributed by atoms with Crippen molar-refractivity contribution in [1.29, 1.82) is 0 Å². The molecule has 2 bridgehead atoms. The van der Waals surface area contributed by atoms with Crippen molar-refractivity contribution in [2.45, 2.75) is 87.8 Å². The number of rotatable bonds is 15. The van der Waals surface area contributed by atoms with Crippen molar-refractivity contribution < 1.29 is 33.5 Å². The van der Waals surface area contributed by atoms with E-state index in [-0.39, 0.29) is 19.8 Å². The van der Waals surface area contributed by atoms with Crippen molar-refractivity contribution >= 4 is 0 Å². The molecule has 5 aromatic rings. The topological polar surface area (TPSA) is 125 Å². The van der Waals surface area contributed by atoms with Gasteiger partial charge in [-0.3, -0.25) is 0 Å². The van der Waals surface area contributed by atoms with Crippen molar-refractivity contribution in [3.8, 4) is 0 Å². The first kappa shape index (κ1) is 36.3. The van der Waals surface area contributed by atoms with Gasteiger partial charge in [-0.2, -0.15) is 0 Å². The molecule has 0 radical (unpaired) electrons. The first-order valence-electron chi connectivity index (χ1n) is 18.4. The molecule has 2 fully saturated rings. The normalized spacial score (nSPS) is 27.3. The van der Waals surface area contributed by atoms with Crippen molar-refractivity contribution in [3.05, 3.63) is 165 Å². The van der Waals surface area contributed by atoms with Crippen LogP contribution in [0.1, 0.15) is 40.8 Å². The van der Waals surface area contributed by atoms with Crippen LogP contribution >= 0.6 is 0 Å². The van der Waals surface area contributed by atoms with Gasteiger partial charge in [0.1, 0.15) is 36.6 Å². The lowest BCUT2D eigenvalue weighted by Crippen LogP contribution is -2.54. The average Bonchev–Trinajstić information content (AvgIpc) is 3.81. The molecule has 1 saturated heterocycles. The summed E-state index contributed by atoms with van der Waals surface area (Å²) in [5.74, 6) is 0. The van der Waals surface area contributed by atoms with Crippen LogP contribution in [0.25, 0.3) is 0 Å². The standard InChI is InChI=1S/C42H45N3O9/c1-43-41(47)44-32-22-33(45(44)42(43)48)36(50-24-29-16-8-3-9-17-29)38(35(32)46)54-40-39(52-26-31-20-12-5-13-21-31)37(51-25-30-18-10-4-11-19-30)34(53-40)27-49-23-28-14-6-2-7-15-28/h2-21,32-40,46H,22-27H2,1H3/t32-,33+,34+,35+,36-,37+,38-,39+,40-/m0/s1. The molecule has 12 heteroatoms. The largest absolute Gasteiger partial charge is 0.388 e. The minimum absolute atomic E-state index is 0.183. The Morgan fingerprint density at radius 3 is 1.56 bits per heavy atom. The molecule has 4 aromatic carbocycles. The summed E-state index contributed by atoms with van der Waals surface area (Å²) in [6.07, 6.45) is -5.71. The number of hydrogen-bond donors (Lipinski definition) is 1. The highest BCUT2D eigenvalue weighted by atomic mass is 16.7. The maximum absolute atomic E-state index is 13.4. The first-order chi connectivity index (χ1) is 26.5. The van der Waals surface area contributed by atoms with E-state index in [1.54, 1.807) is 0 Å². The Bertz CT molecular complexity index is 2070. The maximum atomic E-state index is 13.4. The van der Waals surface area contributed by atoms with Crippen molar-refractivity contribution in [2.75, 3.05) is 6.61 Å². The third kappa shape index (κ3) is 7.51. The van der Waals surface area contributed by atoms with Gasteiger partial charge in [-0.25, -0.2) is 23.5 Å².